The normalized spacial score (nSPS) is 11.1. The van der Waals surface area contributed by atoms with Crippen molar-refractivity contribution in [3.63, 3.8) is 0 Å². The number of carbonyl (C=O) groups excluding carboxylic acids is 1. The Bertz CT molecular complexity index is 1270. The van der Waals surface area contributed by atoms with Crippen molar-refractivity contribution in [2.75, 3.05) is 10.0 Å². The zero-order chi connectivity index (χ0) is 21.0. The Morgan fingerprint density at radius 1 is 0.933 bits per heavy atom. The fourth-order valence-corrected chi connectivity index (χ4v) is 4.53. The van der Waals surface area contributed by atoms with Crippen molar-refractivity contribution in [3.05, 3.63) is 90.1 Å². The van der Waals surface area contributed by atoms with Crippen molar-refractivity contribution in [1.29, 1.82) is 0 Å². The number of thiazole rings is 1. The first-order valence-electron chi connectivity index (χ1n) is 8.87. The second-order valence-corrected chi connectivity index (χ2v) is 8.74. The number of carbonyl (C=O) groups is 1. The minimum Gasteiger partial charge on any atom is -0.298 e. The highest BCUT2D eigenvalue weighted by atomic mass is 32.2. The Hall–Kier alpha value is -3.56. The Kier molecular flexibility index (Phi) is 5.55. The number of para-hydroxylation sites is 1. The van der Waals surface area contributed by atoms with Gasteiger partial charge in [0.2, 0.25) is 0 Å². The van der Waals surface area contributed by atoms with Crippen LogP contribution in [0.1, 0.15) is 10.4 Å². The number of hydrogen-bond donors (Lipinski definition) is 2. The zero-order valence-electron chi connectivity index (χ0n) is 15.5. The quantitative estimate of drug-likeness (QED) is 0.470. The number of rotatable bonds is 6. The minimum atomic E-state index is -3.82. The molecule has 0 spiro atoms. The predicted molar refractivity (Wildman–Crippen MR) is 117 cm³/mol. The fourth-order valence-electron chi connectivity index (χ4n) is 2.72. The van der Waals surface area contributed by atoms with Gasteiger partial charge in [0.25, 0.3) is 15.9 Å². The van der Waals surface area contributed by atoms with Crippen LogP contribution >= 0.6 is 11.3 Å². The van der Waals surface area contributed by atoms with Gasteiger partial charge < -0.3 is 0 Å². The van der Waals surface area contributed by atoms with Crippen molar-refractivity contribution in [3.8, 4) is 11.3 Å². The Morgan fingerprint density at radius 2 is 1.70 bits per heavy atom. The molecule has 0 atom stereocenters. The summed E-state index contributed by atoms with van der Waals surface area (Å²) in [5, 5.41) is 4.95. The maximum atomic E-state index is 12.8. The van der Waals surface area contributed by atoms with E-state index in [4.69, 9.17) is 0 Å². The van der Waals surface area contributed by atoms with E-state index in [0.717, 1.165) is 5.56 Å². The number of benzene rings is 2. The molecule has 0 aliphatic carbocycles. The van der Waals surface area contributed by atoms with Gasteiger partial charge in [0.15, 0.2) is 5.13 Å². The van der Waals surface area contributed by atoms with Crippen LogP contribution in [0.5, 0.6) is 0 Å². The molecule has 0 fully saturated rings. The molecule has 0 unspecified atom stereocenters. The van der Waals surface area contributed by atoms with E-state index in [1.807, 2.05) is 17.5 Å². The highest BCUT2D eigenvalue weighted by Gasteiger charge is 2.19. The molecule has 2 aromatic carbocycles. The van der Waals surface area contributed by atoms with Crippen LogP contribution in [0.2, 0.25) is 0 Å². The number of pyridine rings is 1. The average molecular weight is 437 g/mol. The van der Waals surface area contributed by atoms with E-state index in [-0.39, 0.29) is 16.1 Å². The summed E-state index contributed by atoms with van der Waals surface area (Å²) in [7, 11) is -3.82. The third kappa shape index (κ3) is 4.37. The van der Waals surface area contributed by atoms with Gasteiger partial charge in [0, 0.05) is 23.3 Å². The first-order valence-corrected chi connectivity index (χ1v) is 11.2. The Labute approximate surface area is 177 Å². The minimum absolute atomic E-state index is 0.112. The van der Waals surface area contributed by atoms with Crippen molar-refractivity contribution < 1.29 is 13.2 Å². The summed E-state index contributed by atoms with van der Waals surface area (Å²) in [5.74, 6) is -0.464. The van der Waals surface area contributed by atoms with E-state index in [9.17, 15) is 13.2 Å². The number of anilines is 2. The molecule has 150 valence electrons. The topological polar surface area (TPSA) is 101 Å². The Balaban J connectivity index is 1.55. The van der Waals surface area contributed by atoms with Crippen molar-refractivity contribution in [2.45, 2.75) is 4.90 Å². The van der Waals surface area contributed by atoms with Gasteiger partial charge in [-0.3, -0.25) is 19.8 Å². The summed E-state index contributed by atoms with van der Waals surface area (Å²) in [6.07, 6.45) is 3.36. The molecule has 4 aromatic rings. The van der Waals surface area contributed by atoms with Gasteiger partial charge in [-0.25, -0.2) is 13.4 Å². The van der Waals surface area contributed by atoms with Crippen molar-refractivity contribution in [2.24, 2.45) is 0 Å². The summed E-state index contributed by atoms with van der Waals surface area (Å²) in [6, 6.07) is 18.1. The van der Waals surface area contributed by atoms with Crippen molar-refractivity contribution >= 4 is 38.1 Å². The molecule has 0 aliphatic rings. The monoisotopic (exact) mass is 436 g/mol. The second-order valence-electron chi connectivity index (χ2n) is 6.20. The smallest absolute Gasteiger partial charge is 0.261 e. The van der Waals surface area contributed by atoms with Gasteiger partial charge in [-0.05, 0) is 36.4 Å². The van der Waals surface area contributed by atoms with Crippen LogP contribution in [0.25, 0.3) is 11.3 Å². The lowest BCUT2D eigenvalue weighted by Gasteiger charge is -2.12. The summed E-state index contributed by atoms with van der Waals surface area (Å²) < 4.78 is 27.8. The standard InChI is InChI=1S/C21H16N4O3S2/c26-20(24-21-23-19(14-29-21)15-7-6-12-22-13-15)17-10-4-5-11-18(17)25-30(27,28)16-8-2-1-3-9-16/h1-14,25H,(H,23,24,26). The van der Waals surface area contributed by atoms with Crippen LogP contribution in [0.15, 0.2) is 89.4 Å². The molecule has 2 aromatic heterocycles. The molecule has 0 saturated heterocycles. The van der Waals surface area contributed by atoms with Gasteiger partial charge in [-0.1, -0.05) is 30.3 Å². The number of nitrogens with one attached hydrogen (secondary N) is 2. The van der Waals surface area contributed by atoms with Gasteiger partial charge in [-0.2, -0.15) is 0 Å². The highest BCUT2D eigenvalue weighted by molar-refractivity contribution is 7.92. The largest absolute Gasteiger partial charge is 0.298 e. The molecule has 2 N–H and O–H groups in total. The maximum Gasteiger partial charge on any atom is 0.261 e. The third-order valence-corrected chi connectivity index (χ3v) is 6.29. The third-order valence-electron chi connectivity index (χ3n) is 4.15. The first kappa shape index (κ1) is 19.7. The number of amides is 1. The number of sulfonamides is 1. The maximum absolute atomic E-state index is 12.8. The lowest BCUT2D eigenvalue weighted by Crippen LogP contribution is -2.18. The number of hydrogen-bond acceptors (Lipinski definition) is 6. The fraction of sp³-hybridized carbons (Fsp3) is 0. The molecule has 0 bridgehead atoms. The van der Waals surface area contributed by atoms with E-state index in [2.05, 4.69) is 20.0 Å². The zero-order valence-corrected chi connectivity index (χ0v) is 17.2. The van der Waals surface area contributed by atoms with E-state index in [1.165, 1.54) is 23.5 Å². The van der Waals surface area contributed by atoms with Crippen LogP contribution in [0.3, 0.4) is 0 Å². The molecule has 0 aliphatic heterocycles. The predicted octanol–water partition coefficient (Wildman–Crippen LogP) is 4.26. The van der Waals surface area contributed by atoms with Crippen LogP contribution in [-0.2, 0) is 10.0 Å². The molecule has 30 heavy (non-hydrogen) atoms. The number of nitrogens with zero attached hydrogens (tertiary/aromatic N) is 2. The lowest BCUT2D eigenvalue weighted by molar-refractivity contribution is 0.102. The Morgan fingerprint density at radius 3 is 2.47 bits per heavy atom. The summed E-state index contributed by atoms with van der Waals surface area (Å²) >= 11 is 1.27. The van der Waals surface area contributed by atoms with Gasteiger partial charge in [-0.15, -0.1) is 11.3 Å². The molecule has 7 nitrogen and oxygen atoms in total. The molecule has 2 heterocycles. The second kappa shape index (κ2) is 8.44. The lowest BCUT2D eigenvalue weighted by atomic mass is 10.2. The first-order chi connectivity index (χ1) is 14.5. The van der Waals surface area contributed by atoms with E-state index < -0.39 is 15.9 Å². The molecular formula is C21H16N4O3S2. The van der Waals surface area contributed by atoms with Gasteiger partial charge in [0.1, 0.15) is 0 Å². The van der Waals surface area contributed by atoms with Crippen LogP contribution in [-0.4, -0.2) is 24.3 Å². The average Bonchev–Trinajstić information content (AvgIpc) is 3.23. The van der Waals surface area contributed by atoms with Crippen LogP contribution < -0.4 is 10.0 Å². The molecule has 1 amide bonds. The van der Waals surface area contributed by atoms with E-state index in [1.54, 1.807) is 54.9 Å². The van der Waals surface area contributed by atoms with Crippen molar-refractivity contribution in [1.82, 2.24) is 9.97 Å². The van der Waals surface area contributed by atoms with Crippen LogP contribution in [0, 0.1) is 0 Å². The number of aromatic nitrogens is 2. The van der Waals surface area contributed by atoms with E-state index >= 15 is 0 Å². The molecule has 0 radical (unpaired) electrons. The highest BCUT2D eigenvalue weighted by Crippen LogP contribution is 2.26. The van der Waals surface area contributed by atoms with E-state index in [0.29, 0.717) is 10.8 Å². The van der Waals surface area contributed by atoms with Gasteiger partial charge >= 0.3 is 0 Å². The summed E-state index contributed by atoms with van der Waals surface area (Å²) in [5.41, 5.74) is 1.91. The molecular weight excluding hydrogens is 420 g/mol. The molecule has 9 heteroatoms. The van der Waals surface area contributed by atoms with Gasteiger partial charge in [0.05, 0.1) is 21.8 Å². The summed E-state index contributed by atoms with van der Waals surface area (Å²) in [6.45, 7) is 0. The molecule has 0 saturated carbocycles. The van der Waals surface area contributed by atoms with Crippen LogP contribution in [0.4, 0.5) is 10.8 Å². The molecule has 4 rings (SSSR count). The SMILES string of the molecule is O=C(Nc1nc(-c2cccnc2)cs1)c1ccccc1NS(=O)(=O)c1ccccc1. The summed E-state index contributed by atoms with van der Waals surface area (Å²) in [4.78, 5) is 21.4.